The monoisotopic (exact) mass is 269 g/mol. The predicted octanol–water partition coefficient (Wildman–Crippen LogP) is 1.77. The van der Waals surface area contributed by atoms with Gasteiger partial charge >= 0.3 is 5.97 Å². The molecule has 0 heterocycles. The minimum atomic E-state index is -1.43. The molecule has 0 spiro atoms. The molecule has 0 aromatic heterocycles. The molecule has 1 N–H and O–H groups in total. The predicted molar refractivity (Wildman–Crippen MR) is 66.8 cm³/mol. The third-order valence-corrected chi connectivity index (χ3v) is 3.07. The van der Waals surface area contributed by atoms with Gasteiger partial charge in [0, 0.05) is 13.1 Å². The standard InChI is InChI=1S/C13H16FNO4/c1-13(2,12(17)18)15(3)11(16)9-6-5-8(19-4)7-10(9)14/h5-7H,1-4H3,(H,17,18). The Kier molecular flexibility index (Phi) is 4.14. The van der Waals surface area contributed by atoms with E-state index in [9.17, 15) is 14.0 Å². The lowest BCUT2D eigenvalue weighted by atomic mass is 10.0. The number of carbonyl (C=O) groups is 2. The summed E-state index contributed by atoms with van der Waals surface area (Å²) in [6.45, 7) is 2.74. The second-order valence-electron chi connectivity index (χ2n) is 4.57. The van der Waals surface area contributed by atoms with Crippen LogP contribution in [0.4, 0.5) is 4.39 Å². The first-order valence-electron chi connectivity index (χ1n) is 5.57. The van der Waals surface area contributed by atoms with Gasteiger partial charge in [-0.15, -0.1) is 0 Å². The summed E-state index contributed by atoms with van der Waals surface area (Å²) in [7, 11) is 2.70. The van der Waals surface area contributed by atoms with Gasteiger partial charge in [-0.05, 0) is 26.0 Å². The number of ether oxygens (including phenoxy) is 1. The van der Waals surface area contributed by atoms with Crippen LogP contribution in [0.3, 0.4) is 0 Å². The third kappa shape index (κ3) is 2.83. The van der Waals surface area contributed by atoms with Crippen molar-refractivity contribution in [2.24, 2.45) is 0 Å². The van der Waals surface area contributed by atoms with Crippen LogP contribution in [-0.4, -0.2) is 41.6 Å². The van der Waals surface area contributed by atoms with Gasteiger partial charge in [-0.25, -0.2) is 9.18 Å². The molecule has 0 aliphatic heterocycles. The van der Waals surface area contributed by atoms with Crippen molar-refractivity contribution in [3.05, 3.63) is 29.6 Å². The van der Waals surface area contributed by atoms with Crippen LogP contribution in [0.2, 0.25) is 0 Å². The molecule has 0 radical (unpaired) electrons. The molecule has 0 bridgehead atoms. The lowest BCUT2D eigenvalue weighted by molar-refractivity contribution is -0.147. The molecule has 104 valence electrons. The van der Waals surface area contributed by atoms with Gasteiger partial charge in [-0.1, -0.05) is 0 Å². The van der Waals surface area contributed by atoms with Crippen LogP contribution in [0.15, 0.2) is 18.2 Å². The van der Waals surface area contributed by atoms with Crippen LogP contribution in [0.1, 0.15) is 24.2 Å². The molecule has 0 saturated heterocycles. The van der Waals surface area contributed by atoms with E-state index in [2.05, 4.69) is 0 Å². The number of aliphatic carboxylic acids is 1. The minimum absolute atomic E-state index is 0.197. The highest BCUT2D eigenvalue weighted by atomic mass is 19.1. The largest absolute Gasteiger partial charge is 0.497 e. The van der Waals surface area contributed by atoms with E-state index < -0.39 is 23.2 Å². The first-order valence-corrected chi connectivity index (χ1v) is 5.57. The van der Waals surface area contributed by atoms with Crippen LogP contribution < -0.4 is 4.74 Å². The van der Waals surface area contributed by atoms with Crippen LogP contribution in [0, 0.1) is 5.82 Å². The smallest absolute Gasteiger partial charge is 0.329 e. The van der Waals surface area contributed by atoms with Crippen LogP contribution >= 0.6 is 0 Å². The van der Waals surface area contributed by atoms with E-state index in [-0.39, 0.29) is 11.3 Å². The molecule has 6 heteroatoms. The molecular weight excluding hydrogens is 253 g/mol. The Labute approximate surface area is 110 Å². The second-order valence-corrected chi connectivity index (χ2v) is 4.57. The SMILES string of the molecule is COc1ccc(C(=O)N(C)C(C)(C)C(=O)O)c(F)c1. The van der Waals surface area contributed by atoms with Gasteiger partial charge in [0.2, 0.25) is 0 Å². The number of halogens is 1. The molecule has 0 saturated carbocycles. The van der Waals surface area contributed by atoms with E-state index in [1.165, 1.54) is 40.1 Å². The van der Waals surface area contributed by atoms with Crippen molar-refractivity contribution in [2.75, 3.05) is 14.2 Å². The highest BCUT2D eigenvalue weighted by Crippen LogP contribution is 2.21. The molecule has 1 rings (SSSR count). The van der Waals surface area contributed by atoms with Gasteiger partial charge in [0.15, 0.2) is 0 Å². The lowest BCUT2D eigenvalue weighted by Crippen LogP contribution is -2.50. The number of hydrogen-bond donors (Lipinski definition) is 1. The van der Waals surface area contributed by atoms with Crippen molar-refractivity contribution in [2.45, 2.75) is 19.4 Å². The van der Waals surface area contributed by atoms with Gasteiger partial charge in [-0.2, -0.15) is 0 Å². The molecule has 0 fully saturated rings. The summed E-state index contributed by atoms with van der Waals surface area (Å²) in [5, 5.41) is 9.05. The summed E-state index contributed by atoms with van der Waals surface area (Å²) in [4.78, 5) is 24.2. The maximum absolute atomic E-state index is 13.8. The summed E-state index contributed by atoms with van der Waals surface area (Å²) in [6, 6.07) is 3.79. The minimum Gasteiger partial charge on any atom is -0.497 e. The molecule has 19 heavy (non-hydrogen) atoms. The fraction of sp³-hybridized carbons (Fsp3) is 0.385. The Morgan fingerprint density at radius 1 is 1.37 bits per heavy atom. The Bertz CT molecular complexity index is 513. The van der Waals surface area contributed by atoms with E-state index in [0.29, 0.717) is 0 Å². The van der Waals surface area contributed by atoms with Gasteiger partial charge in [-0.3, -0.25) is 4.79 Å². The van der Waals surface area contributed by atoms with E-state index in [0.717, 1.165) is 11.0 Å². The highest BCUT2D eigenvalue weighted by molar-refractivity contribution is 5.97. The normalized spacial score (nSPS) is 11.0. The maximum Gasteiger partial charge on any atom is 0.329 e. The van der Waals surface area contributed by atoms with Crippen LogP contribution in [-0.2, 0) is 4.79 Å². The summed E-state index contributed by atoms with van der Waals surface area (Å²) in [5.41, 5.74) is -1.62. The zero-order valence-corrected chi connectivity index (χ0v) is 11.2. The van der Waals surface area contributed by atoms with Crippen LogP contribution in [0.5, 0.6) is 5.75 Å². The Morgan fingerprint density at radius 3 is 2.37 bits per heavy atom. The highest BCUT2D eigenvalue weighted by Gasteiger charge is 2.36. The fourth-order valence-corrected chi connectivity index (χ4v) is 1.37. The fourth-order valence-electron chi connectivity index (χ4n) is 1.37. The maximum atomic E-state index is 13.8. The number of amides is 1. The summed E-state index contributed by atoms with van der Waals surface area (Å²) >= 11 is 0. The number of likely N-dealkylation sites (N-methyl/N-ethyl adjacent to an activating group) is 1. The first kappa shape index (κ1) is 14.9. The molecule has 1 aromatic rings. The van der Waals surface area contributed by atoms with Gasteiger partial charge in [0.25, 0.3) is 5.91 Å². The second kappa shape index (κ2) is 5.26. The summed E-state index contributed by atoms with van der Waals surface area (Å²) in [6.07, 6.45) is 0. The topological polar surface area (TPSA) is 66.8 Å². The molecule has 0 unspecified atom stereocenters. The molecule has 0 aliphatic carbocycles. The number of methoxy groups -OCH3 is 1. The molecule has 5 nitrogen and oxygen atoms in total. The molecule has 0 atom stereocenters. The summed E-state index contributed by atoms with van der Waals surface area (Å²) < 4.78 is 18.6. The molecule has 1 amide bonds. The van der Waals surface area contributed by atoms with Crippen molar-refractivity contribution >= 4 is 11.9 Å². The number of hydrogen-bond acceptors (Lipinski definition) is 3. The Balaban J connectivity index is 3.11. The number of rotatable bonds is 4. The Morgan fingerprint density at radius 2 is 1.95 bits per heavy atom. The number of nitrogens with zero attached hydrogens (tertiary/aromatic N) is 1. The number of carboxylic acid groups (broad SMARTS) is 1. The van der Waals surface area contributed by atoms with Crippen molar-refractivity contribution in [3.63, 3.8) is 0 Å². The average Bonchev–Trinajstić information content (AvgIpc) is 2.36. The molecule has 0 aliphatic rings. The van der Waals surface area contributed by atoms with Gasteiger partial charge in [0.05, 0.1) is 12.7 Å². The zero-order chi connectivity index (χ0) is 14.8. The van der Waals surface area contributed by atoms with Crippen molar-refractivity contribution < 1.29 is 23.8 Å². The number of carbonyl (C=O) groups excluding carboxylic acids is 1. The molecule has 1 aromatic carbocycles. The van der Waals surface area contributed by atoms with Crippen molar-refractivity contribution in [1.82, 2.24) is 4.90 Å². The first-order chi connectivity index (χ1) is 8.71. The number of carboxylic acids is 1. The van der Waals surface area contributed by atoms with E-state index in [1.54, 1.807) is 0 Å². The van der Waals surface area contributed by atoms with Crippen molar-refractivity contribution in [1.29, 1.82) is 0 Å². The van der Waals surface area contributed by atoms with Gasteiger partial charge in [0.1, 0.15) is 17.1 Å². The molecular formula is C13H16FNO4. The van der Waals surface area contributed by atoms with Crippen LogP contribution in [0.25, 0.3) is 0 Å². The zero-order valence-electron chi connectivity index (χ0n) is 11.2. The lowest BCUT2D eigenvalue weighted by Gasteiger charge is -2.31. The van der Waals surface area contributed by atoms with E-state index in [1.807, 2.05) is 0 Å². The quantitative estimate of drug-likeness (QED) is 0.904. The van der Waals surface area contributed by atoms with E-state index >= 15 is 0 Å². The van der Waals surface area contributed by atoms with Gasteiger partial charge < -0.3 is 14.7 Å². The van der Waals surface area contributed by atoms with E-state index in [4.69, 9.17) is 9.84 Å². The Hall–Kier alpha value is -2.11. The number of benzene rings is 1. The third-order valence-electron chi connectivity index (χ3n) is 3.07. The summed E-state index contributed by atoms with van der Waals surface area (Å²) in [5.74, 6) is -2.34. The average molecular weight is 269 g/mol. The van der Waals surface area contributed by atoms with Crippen molar-refractivity contribution in [3.8, 4) is 5.75 Å².